The molecule has 0 aromatic heterocycles. The summed E-state index contributed by atoms with van der Waals surface area (Å²) in [5, 5.41) is 3.75. The summed E-state index contributed by atoms with van der Waals surface area (Å²) >= 11 is 0. The van der Waals surface area contributed by atoms with E-state index in [1.165, 1.54) is 16.7 Å². The highest BCUT2D eigenvalue weighted by Crippen LogP contribution is 2.27. The lowest BCUT2D eigenvalue weighted by molar-refractivity contribution is -0.00798. The molecule has 0 radical (unpaired) electrons. The summed E-state index contributed by atoms with van der Waals surface area (Å²) in [6.07, 6.45) is 7.10. The van der Waals surface area contributed by atoms with Crippen molar-refractivity contribution >= 4 is 0 Å². The van der Waals surface area contributed by atoms with Gasteiger partial charge in [-0.25, -0.2) is 0 Å². The number of ether oxygens (including phenoxy) is 2. The lowest BCUT2D eigenvalue weighted by Gasteiger charge is -2.39. The molecular weight excluding hydrogens is 374 g/mol. The van der Waals surface area contributed by atoms with Crippen molar-refractivity contribution < 1.29 is 9.47 Å². The molecule has 3 atom stereocenters. The highest BCUT2D eigenvalue weighted by molar-refractivity contribution is 5.34. The molecule has 5 heteroatoms. The Morgan fingerprint density at radius 3 is 2.73 bits per heavy atom. The van der Waals surface area contributed by atoms with Gasteiger partial charge in [-0.15, -0.1) is 0 Å². The third kappa shape index (κ3) is 5.04. The fourth-order valence-electron chi connectivity index (χ4n) is 4.99. The minimum absolute atomic E-state index is 0.114. The van der Waals surface area contributed by atoms with E-state index in [9.17, 15) is 0 Å². The third-order valence-corrected chi connectivity index (χ3v) is 6.62. The van der Waals surface area contributed by atoms with Crippen LogP contribution in [0.5, 0.6) is 0 Å². The Morgan fingerprint density at radius 2 is 1.97 bits per heavy atom. The molecule has 2 fully saturated rings. The van der Waals surface area contributed by atoms with Gasteiger partial charge < -0.3 is 14.8 Å². The molecule has 4 rings (SSSR count). The van der Waals surface area contributed by atoms with Gasteiger partial charge >= 0.3 is 0 Å². The van der Waals surface area contributed by atoms with E-state index >= 15 is 0 Å². The standard InChI is InChI=1S/C25H37N3O2/c1-19(2)21-6-4-5-7-22(21)23-18-27(11-10-26-23)17-20-8-9-24(25(16-20)29-3)28-12-14-30-15-13-28/h4-9,16,19,23-26H,10-15,17-18H2,1-3H3/t23-,24?,25?/m0/s1. The number of piperazine rings is 1. The lowest BCUT2D eigenvalue weighted by Crippen LogP contribution is -2.49. The summed E-state index contributed by atoms with van der Waals surface area (Å²) < 4.78 is 11.4. The number of morpholine rings is 1. The second kappa shape index (κ2) is 10.2. The number of benzene rings is 1. The van der Waals surface area contributed by atoms with Gasteiger partial charge in [0.25, 0.3) is 0 Å². The summed E-state index contributed by atoms with van der Waals surface area (Å²) in [5.74, 6) is 0.543. The van der Waals surface area contributed by atoms with Crippen molar-refractivity contribution in [2.24, 2.45) is 0 Å². The molecular formula is C25H37N3O2. The lowest BCUT2D eigenvalue weighted by atomic mass is 9.91. The third-order valence-electron chi connectivity index (χ3n) is 6.62. The summed E-state index contributed by atoms with van der Waals surface area (Å²) in [4.78, 5) is 5.06. The van der Waals surface area contributed by atoms with Crippen LogP contribution in [0.3, 0.4) is 0 Å². The van der Waals surface area contributed by atoms with Gasteiger partial charge in [0.1, 0.15) is 0 Å². The van der Waals surface area contributed by atoms with Gasteiger partial charge in [-0.05, 0) is 28.7 Å². The van der Waals surface area contributed by atoms with Gasteiger partial charge in [-0.2, -0.15) is 0 Å². The highest BCUT2D eigenvalue weighted by atomic mass is 16.5. The molecule has 0 bridgehead atoms. The molecule has 5 nitrogen and oxygen atoms in total. The van der Waals surface area contributed by atoms with Crippen LogP contribution < -0.4 is 5.32 Å². The fraction of sp³-hybridized carbons (Fsp3) is 0.600. The Morgan fingerprint density at radius 1 is 1.17 bits per heavy atom. The van der Waals surface area contributed by atoms with Gasteiger partial charge in [-0.1, -0.05) is 50.3 Å². The first-order chi connectivity index (χ1) is 14.7. The summed E-state index contributed by atoms with van der Waals surface area (Å²) in [7, 11) is 1.83. The first-order valence-electron chi connectivity index (χ1n) is 11.4. The molecule has 1 N–H and O–H groups in total. The van der Waals surface area contributed by atoms with Gasteiger partial charge in [0.05, 0.1) is 25.4 Å². The van der Waals surface area contributed by atoms with Crippen LogP contribution in [-0.2, 0) is 9.47 Å². The van der Waals surface area contributed by atoms with E-state index in [4.69, 9.17) is 9.47 Å². The maximum absolute atomic E-state index is 5.87. The summed E-state index contributed by atoms with van der Waals surface area (Å²) in [5.41, 5.74) is 4.28. The van der Waals surface area contributed by atoms with E-state index in [1.54, 1.807) is 0 Å². The number of nitrogens with one attached hydrogen (secondary N) is 1. The largest absolute Gasteiger partial charge is 0.379 e. The molecule has 2 aliphatic heterocycles. The topological polar surface area (TPSA) is 37.0 Å². The maximum Gasteiger partial charge on any atom is 0.0949 e. The molecule has 1 aromatic carbocycles. The van der Waals surface area contributed by atoms with Gasteiger partial charge in [0, 0.05) is 52.4 Å². The van der Waals surface area contributed by atoms with Crippen molar-refractivity contribution in [3.05, 3.63) is 59.2 Å². The van der Waals surface area contributed by atoms with Crippen molar-refractivity contribution in [1.29, 1.82) is 0 Å². The highest BCUT2D eigenvalue weighted by Gasteiger charge is 2.29. The molecule has 1 aromatic rings. The van der Waals surface area contributed by atoms with Crippen molar-refractivity contribution in [2.45, 2.75) is 38.0 Å². The van der Waals surface area contributed by atoms with Crippen LogP contribution in [-0.4, -0.2) is 81.5 Å². The molecule has 164 valence electrons. The smallest absolute Gasteiger partial charge is 0.0949 e. The SMILES string of the molecule is COC1C=C(CN2CCN[C@H](c3ccccc3C(C)C)C2)C=CC1N1CCOCC1. The average Bonchev–Trinajstić information content (AvgIpc) is 2.79. The summed E-state index contributed by atoms with van der Waals surface area (Å²) in [6, 6.07) is 9.61. The Labute approximate surface area is 181 Å². The predicted molar refractivity (Wildman–Crippen MR) is 122 cm³/mol. The predicted octanol–water partition coefficient (Wildman–Crippen LogP) is 2.97. The van der Waals surface area contributed by atoms with E-state index in [0.29, 0.717) is 18.0 Å². The molecule has 3 aliphatic rings. The summed E-state index contributed by atoms with van der Waals surface area (Å²) in [6.45, 7) is 12.3. The zero-order valence-corrected chi connectivity index (χ0v) is 18.7. The zero-order chi connectivity index (χ0) is 20.9. The second-order valence-electron chi connectivity index (χ2n) is 8.97. The molecule has 2 saturated heterocycles. The van der Waals surface area contributed by atoms with E-state index in [1.807, 2.05) is 7.11 Å². The molecule has 0 saturated carbocycles. The van der Waals surface area contributed by atoms with Gasteiger partial charge in [0.2, 0.25) is 0 Å². The minimum atomic E-state index is 0.114. The van der Waals surface area contributed by atoms with E-state index in [0.717, 1.165) is 52.5 Å². The van der Waals surface area contributed by atoms with Crippen LogP contribution in [0.2, 0.25) is 0 Å². The molecule has 2 heterocycles. The van der Waals surface area contributed by atoms with Crippen molar-refractivity contribution in [3.63, 3.8) is 0 Å². The number of rotatable bonds is 6. The first-order valence-corrected chi connectivity index (χ1v) is 11.4. The molecule has 0 amide bonds. The Kier molecular flexibility index (Phi) is 7.39. The number of hydrogen-bond donors (Lipinski definition) is 1. The van der Waals surface area contributed by atoms with Gasteiger partial charge in [-0.3, -0.25) is 9.80 Å². The van der Waals surface area contributed by atoms with Crippen molar-refractivity contribution in [3.8, 4) is 0 Å². The van der Waals surface area contributed by atoms with Gasteiger partial charge in [0.15, 0.2) is 0 Å². The quantitative estimate of drug-likeness (QED) is 0.779. The number of methoxy groups -OCH3 is 1. The average molecular weight is 412 g/mol. The first kappa shape index (κ1) is 21.7. The minimum Gasteiger partial charge on any atom is -0.379 e. The van der Waals surface area contributed by atoms with Crippen LogP contribution in [0.15, 0.2) is 48.1 Å². The van der Waals surface area contributed by atoms with Crippen molar-refractivity contribution in [2.75, 3.05) is 59.6 Å². The fourth-order valence-corrected chi connectivity index (χ4v) is 4.99. The zero-order valence-electron chi connectivity index (χ0n) is 18.7. The van der Waals surface area contributed by atoms with Crippen LogP contribution in [0.4, 0.5) is 0 Å². The van der Waals surface area contributed by atoms with E-state index in [2.05, 4.69) is 71.5 Å². The molecule has 2 unspecified atom stereocenters. The van der Waals surface area contributed by atoms with Crippen LogP contribution in [0.1, 0.15) is 36.9 Å². The van der Waals surface area contributed by atoms with Crippen LogP contribution in [0, 0.1) is 0 Å². The Balaban J connectivity index is 1.41. The maximum atomic E-state index is 5.87. The van der Waals surface area contributed by atoms with Crippen LogP contribution in [0.25, 0.3) is 0 Å². The normalized spacial score (nSPS) is 28.7. The Bertz CT molecular complexity index is 755. The number of hydrogen-bond acceptors (Lipinski definition) is 5. The van der Waals surface area contributed by atoms with Crippen molar-refractivity contribution in [1.82, 2.24) is 15.1 Å². The monoisotopic (exact) mass is 411 g/mol. The van der Waals surface area contributed by atoms with E-state index in [-0.39, 0.29) is 6.10 Å². The van der Waals surface area contributed by atoms with Crippen LogP contribution >= 0.6 is 0 Å². The Hall–Kier alpha value is -1.50. The van der Waals surface area contributed by atoms with E-state index < -0.39 is 0 Å². The number of nitrogens with zero attached hydrogens (tertiary/aromatic N) is 2. The second-order valence-corrected chi connectivity index (χ2v) is 8.97. The molecule has 1 aliphatic carbocycles. The molecule has 0 spiro atoms. The molecule has 30 heavy (non-hydrogen) atoms.